The first-order valence-corrected chi connectivity index (χ1v) is 10.4. The first kappa shape index (κ1) is 17.6. The number of aromatic nitrogens is 2. The molecule has 2 aliphatic heterocycles. The summed E-state index contributed by atoms with van der Waals surface area (Å²) in [4.78, 5) is 20.8. The first-order chi connectivity index (χ1) is 13.6. The molecule has 1 aromatic carbocycles. The van der Waals surface area contributed by atoms with Gasteiger partial charge in [-0.05, 0) is 30.9 Å². The summed E-state index contributed by atoms with van der Waals surface area (Å²) in [5, 5.41) is 0. The van der Waals surface area contributed by atoms with Crippen LogP contribution in [0.4, 0.5) is 4.79 Å². The van der Waals surface area contributed by atoms with Gasteiger partial charge in [-0.3, -0.25) is 0 Å². The number of piperidine rings is 1. The summed E-state index contributed by atoms with van der Waals surface area (Å²) in [6, 6.07) is 8.30. The molecule has 28 heavy (non-hydrogen) atoms. The largest absolute Gasteiger partial charge is 0.480 e. The number of para-hydroxylation sites is 1. The van der Waals surface area contributed by atoms with Gasteiger partial charge in [0.25, 0.3) is 0 Å². The third-order valence-electron chi connectivity index (χ3n) is 6.62. The predicted octanol–water partition coefficient (Wildman–Crippen LogP) is 3.72. The molecule has 0 atom stereocenters. The zero-order chi connectivity index (χ0) is 19.3. The van der Waals surface area contributed by atoms with Gasteiger partial charge in [0, 0.05) is 52.1 Å². The molecule has 3 aliphatic rings. The quantitative estimate of drug-likeness (QED) is 0.798. The number of urea groups is 1. The van der Waals surface area contributed by atoms with Gasteiger partial charge in [0.15, 0.2) is 5.60 Å². The molecular formula is C22H28N4O2. The molecule has 0 unspecified atom stereocenters. The van der Waals surface area contributed by atoms with E-state index in [0.717, 1.165) is 42.3 Å². The third kappa shape index (κ3) is 2.69. The van der Waals surface area contributed by atoms with Gasteiger partial charge in [-0.15, -0.1) is 0 Å². The molecule has 148 valence electrons. The number of imidazole rings is 1. The molecular weight excluding hydrogens is 352 g/mol. The Hall–Kier alpha value is -2.50. The number of carbonyl (C=O) groups is 1. The number of nitrogens with zero attached hydrogens (tertiary/aromatic N) is 4. The van der Waals surface area contributed by atoms with Crippen molar-refractivity contribution in [1.82, 2.24) is 19.4 Å². The Morgan fingerprint density at radius 3 is 2.68 bits per heavy atom. The standard InChI is InChI=1S/C22H28N4O2/c1-24(2)21(27)25-12-10-22(11-13-25)20-19(17-8-3-4-9-18(17)28-22)23-15-26(20)14-16-6-5-7-16/h3-4,8-9,15-16H,5-7,10-14H2,1-2H3. The minimum absolute atomic E-state index is 0.0780. The summed E-state index contributed by atoms with van der Waals surface area (Å²) < 4.78 is 9.04. The highest BCUT2D eigenvalue weighted by Crippen LogP contribution is 2.49. The van der Waals surface area contributed by atoms with E-state index in [9.17, 15) is 4.79 Å². The molecule has 2 amide bonds. The van der Waals surface area contributed by atoms with E-state index < -0.39 is 5.60 Å². The smallest absolute Gasteiger partial charge is 0.319 e. The van der Waals surface area contributed by atoms with Gasteiger partial charge in [-0.2, -0.15) is 0 Å². The summed E-state index contributed by atoms with van der Waals surface area (Å²) >= 11 is 0. The molecule has 1 saturated heterocycles. The van der Waals surface area contributed by atoms with Gasteiger partial charge in [0.05, 0.1) is 17.7 Å². The fraction of sp³-hybridized carbons (Fsp3) is 0.545. The van der Waals surface area contributed by atoms with Crippen molar-refractivity contribution in [2.45, 2.75) is 44.2 Å². The fourth-order valence-corrected chi connectivity index (χ4v) is 4.84. The molecule has 1 aromatic heterocycles. The molecule has 0 bridgehead atoms. The number of benzene rings is 1. The van der Waals surface area contributed by atoms with Crippen LogP contribution in [0.2, 0.25) is 0 Å². The average molecular weight is 380 g/mol. The van der Waals surface area contributed by atoms with Crippen molar-refractivity contribution in [2.75, 3.05) is 27.2 Å². The number of amides is 2. The van der Waals surface area contributed by atoms with Crippen LogP contribution in [0.3, 0.4) is 0 Å². The van der Waals surface area contributed by atoms with Crippen LogP contribution in [0.1, 0.15) is 37.8 Å². The van der Waals surface area contributed by atoms with Gasteiger partial charge < -0.3 is 19.1 Å². The Balaban J connectivity index is 1.51. The van der Waals surface area contributed by atoms with E-state index in [-0.39, 0.29) is 6.03 Å². The Morgan fingerprint density at radius 2 is 2.00 bits per heavy atom. The fourth-order valence-electron chi connectivity index (χ4n) is 4.84. The molecule has 0 N–H and O–H groups in total. The molecule has 6 nitrogen and oxygen atoms in total. The number of ether oxygens (including phenoxy) is 1. The Bertz CT molecular complexity index is 892. The SMILES string of the molecule is CN(C)C(=O)N1CCC2(CC1)Oc1ccccc1-c1ncn(CC3CCC3)c12. The number of carbonyl (C=O) groups excluding carboxylic acids is 1. The van der Waals surface area contributed by atoms with Gasteiger partial charge in [0.2, 0.25) is 0 Å². The highest BCUT2D eigenvalue weighted by atomic mass is 16.5. The monoisotopic (exact) mass is 380 g/mol. The number of fused-ring (bicyclic) bond motifs is 4. The molecule has 1 saturated carbocycles. The van der Waals surface area contributed by atoms with Crippen molar-refractivity contribution in [3.8, 4) is 17.0 Å². The number of likely N-dealkylation sites (tertiary alicyclic amines) is 1. The second kappa shape index (κ2) is 6.54. The van der Waals surface area contributed by atoms with Crippen LogP contribution < -0.4 is 4.74 Å². The van der Waals surface area contributed by atoms with Crippen molar-refractivity contribution in [3.63, 3.8) is 0 Å². The predicted molar refractivity (Wildman–Crippen MR) is 107 cm³/mol. The summed E-state index contributed by atoms with van der Waals surface area (Å²) in [5.74, 6) is 1.67. The van der Waals surface area contributed by atoms with Gasteiger partial charge >= 0.3 is 6.03 Å². The lowest BCUT2D eigenvalue weighted by molar-refractivity contribution is -0.00468. The van der Waals surface area contributed by atoms with E-state index in [4.69, 9.17) is 9.72 Å². The van der Waals surface area contributed by atoms with E-state index in [1.165, 1.54) is 25.0 Å². The summed E-state index contributed by atoms with van der Waals surface area (Å²) in [6.07, 6.45) is 7.56. The molecule has 2 aromatic rings. The van der Waals surface area contributed by atoms with Crippen LogP contribution in [0, 0.1) is 5.92 Å². The van der Waals surface area contributed by atoms with Crippen molar-refractivity contribution in [2.24, 2.45) is 5.92 Å². The number of hydrogen-bond donors (Lipinski definition) is 0. The topological polar surface area (TPSA) is 50.6 Å². The van der Waals surface area contributed by atoms with Gasteiger partial charge in [-0.25, -0.2) is 9.78 Å². The summed E-state index contributed by atoms with van der Waals surface area (Å²) in [5.41, 5.74) is 2.97. The lowest BCUT2D eigenvalue weighted by Crippen LogP contribution is -2.52. The normalized spacial score (nSPS) is 20.1. The van der Waals surface area contributed by atoms with Crippen LogP contribution >= 0.6 is 0 Å². The third-order valence-corrected chi connectivity index (χ3v) is 6.62. The number of hydrogen-bond acceptors (Lipinski definition) is 3. The zero-order valence-electron chi connectivity index (χ0n) is 16.7. The van der Waals surface area contributed by atoms with Crippen molar-refractivity contribution in [3.05, 3.63) is 36.3 Å². The maximum atomic E-state index is 12.4. The minimum atomic E-state index is -0.396. The molecule has 5 rings (SSSR count). The van der Waals surface area contributed by atoms with Gasteiger partial charge in [0.1, 0.15) is 5.75 Å². The van der Waals surface area contributed by atoms with E-state index in [0.29, 0.717) is 13.1 Å². The maximum absolute atomic E-state index is 12.4. The molecule has 1 spiro atoms. The van der Waals surface area contributed by atoms with E-state index in [1.54, 1.807) is 4.90 Å². The van der Waals surface area contributed by atoms with Crippen LogP contribution in [0.5, 0.6) is 5.75 Å². The molecule has 1 aliphatic carbocycles. The minimum Gasteiger partial charge on any atom is -0.480 e. The zero-order valence-corrected chi connectivity index (χ0v) is 16.7. The Kier molecular flexibility index (Phi) is 4.11. The highest BCUT2D eigenvalue weighted by Gasteiger charge is 2.47. The van der Waals surface area contributed by atoms with E-state index in [1.807, 2.05) is 43.5 Å². The van der Waals surface area contributed by atoms with Crippen LogP contribution in [-0.2, 0) is 12.1 Å². The van der Waals surface area contributed by atoms with Crippen LogP contribution in [-0.4, -0.2) is 52.6 Å². The summed E-state index contributed by atoms with van der Waals surface area (Å²) in [7, 11) is 3.62. The van der Waals surface area contributed by atoms with E-state index in [2.05, 4.69) is 10.6 Å². The molecule has 2 fully saturated rings. The Morgan fingerprint density at radius 1 is 1.25 bits per heavy atom. The van der Waals surface area contributed by atoms with Crippen LogP contribution in [0.15, 0.2) is 30.6 Å². The van der Waals surface area contributed by atoms with Crippen molar-refractivity contribution in [1.29, 1.82) is 0 Å². The second-order valence-corrected chi connectivity index (χ2v) is 8.65. The van der Waals surface area contributed by atoms with Gasteiger partial charge in [-0.1, -0.05) is 18.6 Å². The molecule has 0 radical (unpaired) electrons. The van der Waals surface area contributed by atoms with Crippen molar-refractivity contribution >= 4 is 6.03 Å². The van der Waals surface area contributed by atoms with E-state index >= 15 is 0 Å². The van der Waals surface area contributed by atoms with Crippen LogP contribution in [0.25, 0.3) is 11.3 Å². The maximum Gasteiger partial charge on any atom is 0.319 e. The first-order valence-electron chi connectivity index (χ1n) is 10.4. The number of rotatable bonds is 2. The second-order valence-electron chi connectivity index (χ2n) is 8.65. The van der Waals surface area contributed by atoms with Crippen molar-refractivity contribution < 1.29 is 9.53 Å². The lowest BCUT2D eigenvalue weighted by Gasteiger charge is -2.45. The summed E-state index contributed by atoms with van der Waals surface area (Å²) in [6.45, 7) is 2.43. The lowest BCUT2D eigenvalue weighted by atomic mass is 9.82. The molecule has 3 heterocycles. The Labute approximate surface area is 166 Å². The average Bonchev–Trinajstić information content (AvgIpc) is 3.10. The molecule has 6 heteroatoms. The highest BCUT2D eigenvalue weighted by molar-refractivity contribution is 5.75.